The summed E-state index contributed by atoms with van der Waals surface area (Å²) in [6, 6.07) is 14.5. The summed E-state index contributed by atoms with van der Waals surface area (Å²) in [7, 11) is -0.720. The highest BCUT2D eigenvalue weighted by molar-refractivity contribution is 7.99. The van der Waals surface area contributed by atoms with E-state index in [4.69, 9.17) is 9.47 Å². The van der Waals surface area contributed by atoms with Crippen molar-refractivity contribution in [3.63, 3.8) is 0 Å². The van der Waals surface area contributed by atoms with Crippen molar-refractivity contribution in [2.24, 2.45) is 0 Å². The molecule has 2 aromatic rings. The molecule has 2 amide bonds. The maximum absolute atomic E-state index is 13.0. The topological polar surface area (TPSA) is 88.2 Å². The normalized spacial score (nSPS) is 14.8. The molecule has 1 heterocycles. The first-order valence-corrected chi connectivity index (χ1v) is 12.8. The molecular weight excluding hydrogens is 450 g/mol. The average molecular weight is 480 g/mol. The molecule has 0 aliphatic carbocycles. The zero-order valence-electron chi connectivity index (χ0n) is 18.3. The molecule has 3 rings (SSSR count). The second kappa shape index (κ2) is 11.4. The second-order valence-corrected chi connectivity index (χ2v) is 10.3. The van der Waals surface area contributed by atoms with E-state index < -0.39 is 10.0 Å². The minimum absolute atomic E-state index is 0.143. The highest BCUT2D eigenvalue weighted by atomic mass is 32.2. The molecule has 0 radical (unpaired) electrons. The molecule has 2 aromatic carbocycles. The monoisotopic (exact) mass is 479 g/mol. The molecule has 0 atom stereocenters. The standard InChI is InChI=1S/C22H29N3O5S2/c1-29-20-10-9-19(17-21(20)30-2)32(27,28)25-14-12-24(13-15-25)22(26)23-11-6-16-31-18-7-4-3-5-8-18/h3-5,7-10,17H,6,11-16H2,1-2H3,(H,23,26). The average Bonchev–Trinajstić information content (AvgIpc) is 2.84. The Kier molecular flexibility index (Phi) is 8.66. The van der Waals surface area contributed by atoms with Gasteiger partial charge in [-0.15, -0.1) is 11.8 Å². The predicted octanol–water partition coefficient (Wildman–Crippen LogP) is 2.90. The van der Waals surface area contributed by atoms with E-state index in [0.717, 1.165) is 12.2 Å². The van der Waals surface area contributed by atoms with Gasteiger partial charge in [-0.2, -0.15) is 4.31 Å². The third-order valence-electron chi connectivity index (χ3n) is 5.13. The summed E-state index contributed by atoms with van der Waals surface area (Å²) >= 11 is 1.76. The number of hydrogen-bond acceptors (Lipinski definition) is 6. The number of sulfonamides is 1. The minimum atomic E-state index is -3.68. The number of nitrogens with zero attached hydrogens (tertiary/aromatic N) is 2. The van der Waals surface area contributed by atoms with Crippen LogP contribution in [0.25, 0.3) is 0 Å². The number of urea groups is 1. The molecule has 1 saturated heterocycles. The highest BCUT2D eigenvalue weighted by Gasteiger charge is 2.30. The molecule has 1 aliphatic heterocycles. The number of hydrogen-bond donors (Lipinski definition) is 1. The summed E-state index contributed by atoms with van der Waals surface area (Å²) in [6.45, 7) is 1.76. The molecule has 0 unspecified atom stereocenters. The van der Waals surface area contributed by atoms with Gasteiger partial charge in [-0.25, -0.2) is 13.2 Å². The van der Waals surface area contributed by atoms with Gasteiger partial charge in [0.2, 0.25) is 10.0 Å². The first kappa shape index (κ1) is 24.2. The lowest BCUT2D eigenvalue weighted by Gasteiger charge is -2.34. The van der Waals surface area contributed by atoms with Crippen molar-refractivity contribution in [3.05, 3.63) is 48.5 Å². The summed E-state index contributed by atoms with van der Waals surface area (Å²) in [6.07, 6.45) is 0.860. The number of methoxy groups -OCH3 is 2. The van der Waals surface area contributed by atoms with Crippen LogP contribution in [0.2, 0.25) is 0 Å². The zero-order chi connectivity index (χ0) is 23.0. The summed E-state index contributed by atoms with van der Waals surface area (Å²) in [5.74, 6) is 1.74. The Labute approximate surface area is 193 Å². The number of carbonyl (C=O) groups excluding carboxylic acids is 1. The lowest BCUT2D eigenvalue weighted by molar-refractivity contribution is 0.172. The maximum atomic E-state index is 13.0. The Bertz CT molecular complexity index is 994. The van der Waals surface area contributed by atoms with Crippen LogP contribution in [0.1, 0.15) is 6.42 Å². The highest BCUT2D eigenvalue weighted by Crippen LogP contribution is 2.30. The van der Waals surface area contributed by atoms with Crippen LogP contribution in [-0.4, -0.2) is 76.4 Å². The van der Waals surface area contributed by atoms with E-state index >= 15 is 0 Å². The van der Waals surface area contributed by atoms with E-state index in [1.807, 2.05) is 18.2 Å². The molecule has 1 fully saturated rings. The van der Waals surface area contributed by atoms with Gasteiger partial charge in [-0.1, -0.05) is 18.2 Å². The van der Waals surface area contributed by atoms with Crippen LogP contribution in [0.3, 0.4) is 0 Å². The van der Waals surface area contributed by atoms with Crippen molar-refractivity contribution < 1.29 is 22.7 Å². The molecule has 1 aliphatic rings. The van der Waals surface area contributed by atoms with Gasteiger partial charge in [0.15, 0.2) is 11.5 Å². The fourth-order valence-electron chi connectivity index (χ4n) is 3.34. The van der Waals surface area contributed by atoms with Gasteiger partial charge in [0.1, 0.15) is 0 Å². The van der Waals surface area contributed by atoms with E-state index in [9.17, 15) is 13.2 Å². The second-order valence-electron chi connectivity index (χ2n) is 7.15. The van der Waals surface area contributed by atoms with Gasteiger partial charge >= 0.3 is 6.03 Å². The number of amides is 2. The maximum Gasteiger partial charge on any atom is 0.317 e. The van der Waals surface area contributed by atoms with E-state index in [1.54, 1.807) is 22.7 Å². The van der Waals surface area contributed by atoms with Crippen molar-refractivity contribution in [1.29, 1.82) is 0 Å². The zero-order valence-corrected chi connectivity index (χ0v) is 20.0. The van der Waals surface area contributed by atoms with Crippen LogP contribution in [0.15, 0.2) is 58.3 Å². The van der Waals surface area contributed by atoms with Crippen LogP contribution in [0.5, 0.6) is 11.5 Å². The number of thioether (sulfide) groups is 1. The van der Waals surface area contributed by atoms with Crippen LogP contribution >= 0.6 is 11.8 Å². The number of rotatable bonds is 9. The first-order valence-electron chi connectivity index (χ1n) is 10.4. The molecule has 32 heavy (non-hydrogen) atoms. The Morgan fingerprint density at radius 2 is 1.69 bits per heavy atom. The molecule has 0 bridgehead atoms. The van der Waals surface area contributed by atoms with Gasteiger partial charge in [0.05, 0.1) is 19.1 Å². The SMILES string of the molecule is COc1ccc(S(=O)(=O)N2CCN(C(=O)NCCCSc3ccccc3)CC2)cc1OC. The Balaban J connectivity index is 1.45. The van der Waals surface area contributed by atoms with E-state index in [1.165, 1.54) is 35.6 Å². The molecule has 0 aromatic heterocycles. The van der Waals surface area contributed by atoms with Crippen LogP contribution in [0, 0.1) is 0 Å². The third kappa shape index (κ3) is 6.08. The van der Waals surface area contributed by atoms with E-state index in [-0.39, 0.29) is 24.0 Å². The van der Waals surface area contributed by atoms with Gasteiger partial charge < -0.3 is 19.7 Å². The smallest absolute Gasteiger partial charge is 0.317 e. The van der Waals surface area contributed by atoms with E-state index in [0.29, 0.717) is 31.1 Å². The van der Waals surface area contributed by atoms with Crippen molar-refractivity contribution in [2.45, 2.75) is 16.2 Å². The molecular formula is C22H29N3O5S2. The molecule has 174 valence electrons. The molecule has 0 spiro atoms. The molecule has 8 nitrogen and oxygen atoms in total. The third-order valence-corrected chi connectivity index (χ3v) is 8.12. The molecule has 1 N–H and O–H groups in total. The number of carbonyl (C=O) groups is 1. The fraction of sp³-hybridized carbons (Fsp3) is 0.409. The van der Waals surface area contributed by atoms with E-state index in [2.05, 4.69) is 17.4 Å². The Morgan fingerprint density at radius 3 is 2.34 bits per heavy atom. The number of benzene rings is 2. The van der Waals surface area contributed by atoms with Gasteiger partial charge in [0, 0.05) is 43.7 Å². The van der Waals surface area contributed by atoms with Crippen molar-refractivity contribution in [1.82, 2.24) is 14.5 Å². The lowest BCUT2D eigenvalue weighted by Crippen LogP contribution is -2.53. The van der Waals surface area contributed by atoms with Crippen molar-refractivity contribution in [3.8, 4) is 11.5 Å². The Morgan fingerprint density at radius 1 is 1.00 bits per heavy atom. The number of ether oxygens (including phenoxy) is 2. The minimum Gasteiger partial charge on any atom is -0.493 e. The van der Waals surface area contributed by atoms with Gasteiger partial charge in [-0.05, 0) is 36.4 Å². The quantitative estimate of drug-likeness (QED) is 0.440. The van der Waals surface area contributed by atoms with Gasteiger partial charge in [-0.3, -0.25) is 0 Å². The molecule has 10 heteroatoms. The van der Waals surface area contributed by atoms with Gasteiger partial charge in [0.25, 0.3) is 0 Å². The lowest BCUT2D eigenvalue weighted by atomic mass is 10.3. The fourth-order valence-corrected chi connectivity index (χ4v) is 5.66. The first-order chi connectivity index (χ1) is 15.5. The van der Waals surface area contributed by atoms with Crippen molar-refractivity contribution >= 4 is 27.8 Å². The summed E-state index contributed by atoms with van der Waals surface area (Å²) in [5, 5.41) is 2.93. The summed E-state index contributed by atoms with van der Waals surface area (Å²) in [4.78, 5) is 15.4. The van der Waals surface area contributed by atoms with Crippen LogP contribution < -0.4 is 14.8 Å². The van der Waals surface area contributed by atoms with Crippen LogP contribution in [-0.2, 0) is 10.0 Å². The van der Waals surface area contributed by atoms with Crippen molar-refractivity contribution in [2.75, 3.05) is 52.7 Å². The Hall–Kier alpha value is -2.43. The van der Waals surface area contributed by atoms with Crippen LogP contribution in [0.4, 0.5) is 4.79 Å². The summed E-state index contributed by atoms with van der Waals surface area (Å²) in [5.41, 5.74) is 0. The molecule has 0 saturated carbocycles. The predicted molar refractivity (Wildman–Crippen MR) is 125 cm³/mol. The largest absolute Gasteiger partial charge is 0.493 e. The number of nitrogens with one attached hydrogen (secondary N) is 1. The summed E-state index contributed by atoms with van der Waals surface area (Å²) < 4.78 is 37.8. The number of piperazine rings is 1.